The quantitative estimate of drug-likeness (QED) is 0.803. The van der Waals surface area contributed by atoms with Gasteiger partial charge in [-0.2, -0.15) is 0 Å². The molecule has 1 saturated heterocycles. The Hall–Kier alpha value is -1.49. The summed E-state index contributed by atoms with van der Waals surface area (Å²) < 4.78 is 4.93. The Bertz CT molecular complexity index is 422. The van der Waals surface area contributed by atoms with Crippen LogP contribution in [0, 0.1) is 6.92 Å². The van der Waals surface area contributed by atoms with Crippen LogP contribution in [0.5, 0.6) is 0 Å². The van der Waals surface area contributed by atoms with Crippen molar-refractivity contribution in [2.24, 2.45) is 0 Å². The van der Waals surface area contributed by atoms with E-state index >= 15 is 0 Å². The van der Waals surface area contributed by atoms with Gasteiger partial charge in [-0.15, -0.1) is 0 Å². The van der Waals surface area contributed by atoms with Crippen molar-refractivity contribution in [2.75, 3.05) is 26.8 Å². The second-order valence-electron chi connectivity index (χ2n) is 4.60. The standard InChI is InChI=1S/C13H19N3O2/c1-10-14-6-3-12(15-10)11-4-7-16(9-11)13(17)5-8-18-2/h3,6,11H,4-5,7-9H2,1-2H3/t11-/m1/s1. The molecule has 0 aromatic carbocycles. The minimum absolute atomic E-state index is 0.171. The third kappa shape index (κ3) is 3.04. The molecule has 1 atom stereocenters. The van der Waals surface area contributed by atoms with Gasteiger partial charge < -0.3 is 9.64 Å². The topological polar surface area (TPSA) is 55.3 Å². The van der Waals surface area contributed by atoms with Crippen molar-refractivity contribution in [3.05, 3.63) is 23.8 Å². The molecule has 98 valence electrons. The lowest BCUT2D eigenvalue weighted by Gasteiger charge is -2.16. The molecular weight excluding hydrogens is 230 g/mol. The van der Waals surface area contributed by atoms with E-state index in [0.29, 0.717) is 18.9 Å². The lowest BCUT2D eigenvalue weighted by molar-refractivity contribution is -0.131. The fraction of sp³-hybridized carbons (Fsp3) is 0.615. The van der Waals surface area contributed by atoms with Gasteiger partial charge in [0, 0.05) is 38.0 Å². The van der Waals surface area contributed by atoms with Gasteiger partial charge in [0.2, 0.25) is 5.91 Å². The second-order valence-corrected chi connectivity index (χ2v) is 4.60. The Labute approximate surface area is 107 Å². The van der Waals surface area contributed by atoms with Crippen LogP contribution in [0.15, 0.2) is 12.3 Å². The van der Waals surface area contributed by atoms with Crippen molar-refractivity contribution in [2.45, 2.75) is 25.7 Å². The number of carbonyl (C=O) groups is 1. The highest BCUT2D eigenvalue weighted by Gasteiger charge is 2.27. The summed E-state index contributed by atoms with van der Waals surface area (Å²) in [5, 5.41) is 0. The Morgan fingerprint density at radius 3 is 3.17 bits per heavy atom. The molecular formula is C13H19N3O2. The highest BCUT2D eigenvalue weighted by atomic mass is 16.5. The average Bonchev–Trinajstić information content (AvgIpc) is 2.85. The molecule has 1 aromatic rings. The zero-order valence-corrected chi connectivity index (χ0v) is 10.9. The summed E-state index contributed by atoms with van der Waals surface area (Å²) in [6, 6.07) is 1.95. The lowest BCUT2D eigenvalue weighted by Crippen LogP contribution is -2.29. The minimum atomic E-state index is 0.171. The third-order valence-corrected chi connectivity index (χ3v) is 3.28. The zero-order chi connectivity index (χ0) is 13.0. The van der Waals surface area contributed by atoms with E-state index in [4.69, 9.17) is 4.74 Å². The summed E-state index contributed by atoms with van der Waals surface area (Å²) in [6.45, 7) is 3.96. The Balaban J connectivity index is 1.94. The summed E-state index contributed by atoms with van der Waals surface area (Å²) in [5.74, 6) is 1.31. The van der Waals surface area contributed by atoms with Crippen LogP contribution in [0.3, 0.4) is 0 Å². The van der Waals surface area contributed by atoms with E-state index in [2.05, 4.69) is 9.97 Å². The molecule has 0 bridgehead atoms. The number of hydrogen-bond donors (Lipinski definition) is 0. The molecule has 1 amide bonds. The molecule has 1 aromatic heterocycles. The van der Waals surface area contributed by atoms with Gasteiger partial charge in [-0.3, -0.25) is 4.79 Å². The first-order valence-corrected chi connectivity index (χ1v) is 6.27. The second kappa shape index (κ2) is 5.91. The monoisotopic (exact) mass is 249 g/mol. The molecule has 0 unspecified atom stereocenters. The molecule has 5 heteroatoms. The molecule has 5 nitrogen and oxygen atoms in total. The van der Waals surface area contributed by atoms with Gasteiger partial charge in [-0.25, -0.2) is 9.97 Å². The fourth-order valence-electron chi connectivity index (χ4n) is 2.28. The van der Waals surface area contributed by atoms with Crippen LogP contribution >= 0.6 is 0 Å². The number of carbonyl (C=O) groups excluding carboxylic acids is 1. The molecule has 1 aliphatic heterocycles. The van der Waals surface area contributed by atoms with Crippen LogP contribution in [0.25, 0.3) is 0 Å². The summed E-state index contributed by atoms with van der Waals surface area (Å²) in [5.41, 5.74) is 1.05. The molecule has 0 radical (unpaired) electrons. The van der Waals surface area contributed by atoms with E-state index in [-0.39, 0.29) is 5.91 Å². The van der Waals surface area contributed by atoms with Gasteiger partial charge in [0.15, 0.2) is 0 Å². The predicted octanol–water partition coefficient (Wildman–Crippen LogP) is 1.14. The van der Waals surface area contributed by atoms with E-state index in [9.17, 15) is 4.79 Å². The molecule has 1 aliphatic rings. The number of nitrogens with zero attached hydrogens (tertiary/aromatic N) is 3. The zero-order valence-electron chi connectivity index (χ0n) is 10.9. The summed E-state index contributed by atoms with van der Waals surface area (Å²) in [7, 11) is 1.61. The molecule has 0 N–H and O–H groups in total. The van der Waals surface area contributed by atoms with Crippen LogP contribution in [-0.4, -0.2) is 47.6 Å². The van der Waals surface area contributed by atoms with Gasteiger partial charge in [0.25, 0.3) is 0 Å². The van der Waals surface area contributed by atoms with Gasteiger partial charge in [0.1, 0.15) is 5.82 Å². The maximum Gasteiger partial charge on any atom is 0.224 e. The third-order valence-electron chi connectivity index (χ3n) is 3.28. The minimum Gasteiger partial charge on any atom is -0.384 e. The van der Waals surface area contributed by atoms with E-state index in [1.807, 2.05) is 17.9 Å². The van der Waals surface area contributed by atoms with Gasteiger partial charge in [-0.05, 0) is 19.4 Å². The largest absolute Gasteiger partial charge is 0.384 e. The number of rotatable bonds is 4. The Kier molecular flexibility index (Phi) is 4.25. The van der Waals surface area contributed by atoms with E-state index in [1.165, 1.54) is 0 Å². The van der Waals surface area contributed by atoms with Crippen molar-refractivity contribution in [1.82, 2.24) is 14.9 Å². The van der Waals surface area contributed by atoms with Crippen LogP contribution < -0.4 is 0 Å². The van der Waals surface area contributed by atoms with E-state index in [1.54, 1.807) is 13.3 Å². The number of hydrogen-bond acceptors (Lipinski definition) is 4. The molecule has 0 spiro atoms. The lowest BCUT2D eigenvalue weighted by atomic mass is 10.1. The molecule has 0 aliphatic carbocycles. The highest BCUT2D eigenvalue weighted by molar-refractivity contribution is 5.76. The van der Waals surface area contributed by atoms with Crippen molar-refractivity contribution in [3.63, 3.8) is 0 Å². The summed E-state index contributed by atoms with van der Waals surface area (Å²) in [6.07, 6.45) is 3.23. The Morgan fingerprint density at radius 2 is 2.44 bits per heavy atom. The van der Waals surface area contributed by atoms with Gasteiger partial charge in [0.05, 0.1) is 13.0 Å². The van der Waals surface area contributed by atoms with Crippen molar-refractivity contribution < 1.29 is 9.53 Å². The molecule has 2 heterocycles. The highest BCUT2D eigenvalue weighted by Crippen LogP contribution is 2.25. The SMILES string of the molecule is COCCC(=O)N1CC[C@@H](c2ccnc(C)n2)C1. The maximum absolute atomic E-state index is 11.9. The van der Waals surface area contributed by atoms with Gasteiger partial charge >= 0.3 is 0 Å². The van der Waals surface area contributed by atoms with E-state index < -0.39 is 0 Å². The van der Waals surface area contributed by atoms with Crippen LogP contribution in [0.2, 0.25) is 0 Å². The molecule has 1 fully saturated rings. The number of aryl methyl sites for hydroxylation is 1. The van der Waals surface area contributed by atoms with Gasteiger partial charge in [-0.1, -0.05) is 0 Å². The number of amides is 1. The fourth-order valence-corrected chi connectivity index (χ4v) is 2.28. The summed E-state index contributed by atoms with van der Waals surface area (Å²) in [4.78, 5) is 22.3. The number of ether oxygens (including phenoxy) is 1. The van der Waals surface area contributed by atoms with Crippen molar-refractivity contribution >= 4 is 5.91 Å². The average molecular weight is 249 g/mol. The van der Waals surface area contributed by atoms with Crippen LogP contribution in [-0.2, 0) is 9.53 Å². The first-order chi connectivity index (χ1) is 8.70. The predicted molar refractivity (Wildman–Crippen MR) is 67.2 cm³/mol. The molecule has 0 saturated carbocycles. The number of likely N-dealkylation sites (tertiary alicyclic amines) is 1. The van der Waals surface area contributed by atoms with Crippen molar-refractivity contribution in [1.29, 1.82) is 0 Å². The number of aromatic nitrogens is 2. The Morgan fingerprint density at radius 1 is 1.61 bits per heavy atom. The molecule has 18 heavy (non-hydrogen) atoms. The van der Waals surface area contributed by atoms with Crippen LogP contribution in [0.1, 0.15) is 30.3 Å². The summed E-state index contributed by atoms with van der Waals surface area (Å²) >= 11 is 0. The maximum atomic E-state index is 11.9. The number of methoxy groups -OCH3 is 1. The van der Waals surface area contributed by atoms with Crippen LogP contribution in [0.4, 0.5) is 0 Å². The normalized spacial score (nSPS) is 19.2. The first kappa shape index (κ1) is 13.0. The first-order valence-electron chi connectivity index (χ1n) is 6.27. The van der Waals surface area contributed by atoms with Crippen molar-refractivity contribution in [3.8, 4) is 0 Å². The molecule has 2 rings (SSSR count). The van der Waals surface area contributed by atoms with E-state index in [0.717, 1.165) is 31.0 Å². The smallest absolute Gasteiger partial charge is 0.224 e.